The minimum absolute atomic E-state index is 0.0272. The van der Waals surface area contributed by atoms with Crippen LogP contribution in [0.1, 0.15) is 20.3 Å². The predicted molar refractivity (Wildman–Crippen MR) is 41.1 cm³/mol. The summed E-state index contributed by atoms with van der Waals surface area (Å²) in [6.07, 6.45) is 0.998. The lowest BCUT2D eigenvalue weighted by atomic mass is 10.4. The Morgan fingerprint density at radius 2 is 2.40 bits per heavy atom. The van der Waals surface area contributed by atoms with Crippen LogP contribution in [0.3, 0.4) is 0 Å². The maximum Gasteiger partial charge on any atom is 0.0910 e. The van der Waals surface area contributed by atoms with Crippen molar-refractivity contribution in [3.05, 3.63) is 0 Å². The Morgan fingerprint density at radius 3 is 2.70 bits per heavy atom. The molecule has 1 rings (SSSR count). The van der Waals surface area contributed by atoms with E-state index in [0.717, 1.165) is 6.42 Å². The summed E-state index contributed by atoms with van der Waals surface area (Å²) in [5.41, 5.74) is 5.38. The minimum atomic E-state index is -0.0272. The maximum atomic E-state index is 5.40. The summed E-state index contributed by atoms with van der Waals surface area (Å²) < 4.78 is 5.20. The van der Waals surface area contributed by atoms with Gasteiger partial charge in [0.1, 0.15) is 0 Å². The van der Waals surface area contributed by atoms with E-state index in [1.807, 2.05) is 6.92 Å². The van der Waals surface area contributed by atoms with Gasteiger partial charge in [0.05, 0.1) is 17.5 Å². The molecule has 0 heterocycles. The topological polar surface area (TPSA) is 47.6 Å². The average Bonchev–Trinajstić information content (AvgIpc) is 2.43. The Labute approximate surface area is 61.3 Å². The van der Waals surface area contributed by atoms with Crippen molar-refractivity contribution in [1.29, 1.82) is 0 Å². The average molecular weight is 142 g/mol. The third-order valence-corrected chi connectivity index (χ3v) is 1.97. The molecule has 0 spiro atoms. The molecular formula is C7H14N2O. The van der Waals surface area contributed by atoms with E-state index >= 15 is 0 Å². The quantitative estimate of drug-likeness (QED) is 0.452. The molecule has 0 aromatic rings. The van der Waals surface area contributed by atoms with Crippen LogP contribution in [-0.2, 0) is 4.74 Å². The summed E-state index contributed by atoms with van der Waals surface area (Å²) in [4.78, 5) is 4.18. The minimum Gasteiger partial charge on any atom is -0.388 e. The SMILES string of the molecule is COC1(C)CC1N=C(C)N. The fourth-order valence-electron chi connectivity index (χ4n) is 0.972. The second-order valence-electron chi connectivity index (χ2n) is 3.01. The first-order chi connectivity index (χ1) is 4.58. The first-order valence-electron chi connectivity index (χ1n) is 3.43. The largest absolute Gasteiger partial charge is 0.388 e. The Kier molecular flexibility index (Phi) is 1.68. The van der Waals surface area contributed by atoms with Crippen molar-refractivity contribution in [2.75, 3.05) is 7.11 Å². The third kappa shape index (κ3) is 1.29. The molecule has 58 valence electrons. The van der Waals surface area contributed by atoms with Crippen LogP contribution in [0.2, 0.25) is 0 Å². The lowest BCUT2D eigenvalue weighted by Gasteiger charge is -2.04. The van der Waals surface area contributed by atoms with Crippen LogP contribution >= 0.6 is 0 Å². The summed E-state index contributed by atoms with van der Waals surface area (Å²) >= 11 is 0. The van der Waals surface area contributed by atoms with Crippen molar-refractivity contribution in [2.24, 2.45) is 10.7 Å². The number of hydrogen-bond donors (Lipinski definition) is 1. The summed E-state index contributed by atoms with van der Waals surface area (Å²) in [5, 5.41) is 0. The van der Waals surface area contributed by atoms with E-state index in [1.54, 1.807) is 14.0 Å². The number of nitrogens with zero attached hydrogens (tertiary/aromatic N) is 1. The number of rotatable bonds is 2. The second-order valence-corrected chi connectivity index (χ2v) is 3.01. The van der Waals surface area contributed by atoms with E-state index in [0.29, 0.717) is 11.9 Å². The maximum absolute atomic E-state index is 5.40. The van der Waals surface area contributed by atoms with Crippen LogP contribution in [0.25, 0.3) is 0 Å². The molecule has 3 nitrogen and oxygen atoms in total. The van der Waals surface area contributed by atoms with Crippen molar-refractivity contribution in [3.63, 3.8) is 0 Å². The zero-order valence-electron chi connectivity index (χ0n) is 6.72. The van der Waals surface area contributed by atoms with Gasteiger partial charge in [-0.1, -0.05) is 0 Å². The van der Waals surface area contributed by atoms with Crippen LogP contribution in [0.5, 0.6) is 0 Å². The van der Waals surface area contributed by atoms with Gasteiger partial charge in [0, 0.05) is 13.5 Å². The van der Waals surface area contributed by atoms with E-state index < -0.39 is 0 Å². The van der Waals surface area contributed by atoms with Crippen molar-refractivity contribution in [1.82, 2.24) is 0 Å². The summed E-state index contributed by atoms with van der Waals surface area (Å²) in [7, 11) is 1.71. The molecule has 0 bridgehead atoms. The molecule has 0 amide bonds. The first-order valence-corrected chi connectivity index (χ1v) is 3.43. The number of aliphatic imine (C=N–C) groups is 1. The molecule has 0 saturated heterocycles. The number of ether oxygens (including phenoxy) is 1. The molecule has 0 aromatic heterocycles. The van der Waals surface area contributed by atoms with Crippen molar-refractivity contribution < 1.29 is 4.74 Å². The molecule has 2 N–H and O–H groups in total. The van der Waals surface area contributed by atoms with Gasteiger partial charge in [0.15, 0.2) is 0 Å². The van der Waals surface area contributed by atoms with E-state index in [4.69, 9.17) is 10.5 Å². The lowest BCUT2D eigenvalue weighted by Crippen LogP contribution is -2.14. The molecule has 1 saturated carbocycles. The highest BCUT2D eigenvalue weighted by Crippen LogP contribution is 2.41. The van der Waals surface area contributed by atoms with E-state index in [-0.39, 0.29) is 5.60 Å². The van der Waals surface area contributed by atoms with E-state index in [1.165, 1.54) is 0 Å². The molecule has 0 radical (unpaired) electrons. The Balaban J connectivity index is 2.45. The molecule has 0 aromatic carbocycles. The first kappa shape index (κ1) is 7.54. The molecule has 1 aliphatic rings. The number of methoxy groups -OCH3 is 1. The fraction of sp³-hybridized carbons (Fsp3) is 0.857. The standard InChI is InChI=1S/C7H14N2O/c1-5(8)9-6-4-7(6,2)10-3/h6H,4H2,1-3H3,(H2,8,9). The summed E-state index contributed by atoms with van der Waals surface area (Å²) in [5.74, 6) is 0.644. The van der Waals surface area contributed by atoms with Crippen LogP contribution in [-0.4, -0.2) is 24.6 Å². The van der Waals surface area contributed by atoms with Crippen LogP contribution in [0.15, 0.2) is 4.99 Å². The van der Waals surface area contributed by atoms with Gasteiger partial charge in [-0.3, -0.25) is 4.99 Å². The molecule has 10 heavy (non-hydrogen) atoms. The zero-order valence-corrected chi connectivity index (χ0v) is 6.72. The normalized spacial score (nSPS) is 39.9. The Morgan fingerprint density at radius 1 is 1.80 bits per heavy atom. The molecular weight excluding hydrogens is 128 g/mol. The molecule has 3 heteroatoms. The monoisotopic (exact) mass is 142 g/mol. The lowest BCUT2D eigenvalue weighted by molar-refractivity contribution is 0.0919. The van der Waals surface area contributed by atoms with Gasteiger partial charge in [-0.15, -0.1) is 0 Å². The Bertz CT molecular complexity index is 163. The highest BCUT2D eigenvalue weighted by Gasteiger charge is 2.51. The van der Waals surface area contributed by atoms with Crippen molar-refractivity contribution in [3.8, 4) is 0 Å². The van der Waals surface area contributed by atoms with Gasteiger partial charge < -0.3 is 10.5 Å². The number of hydrogen-bond acceptors (Lipinski definition) is 2. The van der Waals surface area contributed by atoms with Crippen LogP contribution < -0.4 is 5.73 Å². The summed E-state index contributed by atoms with van der Waals surface area (Å²) in [6, 6.07) is 0.294. The molecule has 2 atom stereocenters. The summed E-state index contributed by atoms with van der Waals surface area (Å²) in [6.45, 7) is 3.85. The van der Waals surface area contributed by atoms with Gasteiger partial charge in [0.2, 0.25) is 0 Å². The van der Waals surface area contributed by atoms with E-state index in [9.17, 15) is 0 Å². The number of amidine groups is 1. The molecule has 1 fully saturated rings. The van der Waals surface area contributed by atoms with Gasteiger partial charge in [-0.2, -0.15) is 0 Å². The number of nitrogens with two attached hydrogens (primary N) is 1. The van der Waals surface area contributed by atoms with Gasteiger partial charge in [0.25, 0.3) is 0 Å². The fourth-order valence-corrected chi connectivity index (χ4v) is 0.972. The second kappa shape index (κ2) is 2.23. The van der Waals surface area contributed by atoms with Crippen LogP contribution in [0, 0.1) is 0 Å². The molecule has 0 aliphatic heterocycles. The van der Waals surface area contributed by atoms with Gasteiger partial charge >= 0.3 is 0 Å². The predicted octanol–water partition coefficient (Wildman–Crippen LogP) is 0.541. The molecule has 2 unspecified atom stereocenters. The van der Waals surface area contributed by atoms with Gasteiger partial charge in [-0.25, -0.2) is 0 Å². The zero-order chi connectivity index (χ0) is 7.78. The van der Waals surface area contributed by atoms with Crippen molar-refractivity contribution >= 4 is 5.84 Å². The Hall–Kier alpha value is -0.570. The third-order valence-electron chi connectivity index (χ3n) is 1.97. The van der Waals surface area contributed by atoms with E-state index in [2.05, 4.69) is 4.99 Å². The van der Waals surface area contributed by atoms with Crippen molar-refractivity contribution in [2.45, 2.75) is 31.9 Å². The van der Waals surface area contributed by atoms with Crippen LogP contribution in [0.4, 0.5) is 0 Å². The molecule has 1 aliphatic carbocycles. The highest BCUT2D eigenvalue weighted by atomic mass is 16.5. The highest BCUT2D eigenvalue weighted by molar-refractivity contribution is 5.78. The smallest absolute Gasteiger partial charge is 0.0910 e. The van der Waals surface area contributed by atoms with Gasteiger partial charge in [-0.05, 0) is 13.8 Å².